The predicted molar refractivity (Wildman–Crippen MR) is 218 cm³/mol. The number of aromatic nitrogens is 2. The number of amides is 2. The van der Waals surface area contributed by atoms with Crippen molar-refractivity contribution >= 4 is 50.7 Å². The number of urea groups is 1. The van der Waals surface area contributed by atoms with Crippen LogP contribution >= 0.6 is 0 Å². The summed E-state index contributed by atoms with van der Waals surface area (Å²) in [7, 11) is 0.181. The second-order valence-electron chi connectivity index (χ2n) is 13.4. The van der Waals surface area contributed by atoms with E-state index >= 15 is 0 Å². The van der Waals surface area contributed by atoms with E-state index in [-0.39, 0.29) is 37.0 Å². The summed E-state index contributed by atoms with van der Waals surface area (Å²) in [6.07, 6.45) is 1.57. The number of nitrogens with one attached hydrogen (secondary N) is 4. The number of fused-ring (bicyclic) bond motifs is 1. The highest BCUT2D eigenvalue weighted by molar-refractivity contribution is 7.70. The molecule has 5 rings (SSSR count). The van der Waals surface area contributed by atoms with Crippen LogP contribution in [0.2, 0.25) is 0 Å². The van der Waals surface area contributed by atoms with Gasteiger partial charge in [-0.05, 0) is 29.2 Å². The van der Waals surface area contributed by atoms with Gasteiger partial charge in [-0.2, -0.15) is 4.98 Å². The first-order chi connectivity index (χ1) is 27.5. The van der Waals surface area contributed by atoms with Crippen LogP contribution in [0.25, 0.3) is 10.8 Å². The van der Waals surface area contributed by atoms with Crippen molar-refractivity contribution in [3.8, 4) is 28.9 Å². The highest BCUT2D eigenvalue weighted by atomic mass is 32.2. The fourth-order valence-corrected chi connectivity index (χ4v) is 5.93. The highest BCUT2D eigenvalue weighted by Gasteiger charge is 2.21. The second kappa shape index (κ2) is 20.4. The van der Waals surface area contributed by atoms with Crippen LogP contribution < -0.4 is 39.6 Å². The Morgan fingerprint density at radius 2 is 1.53 bits per heavy atom. The number of hydrogen-bond donors (Lipinski definition) is 6. The number of hydrogen-bond acceptors (Lipinski definition) is 13. The molecule has 304 valence electrons. The summed E-state index contributed by atoms with van der Waals surface area (Å²) in [5.74, 6) is 2.48. The van der Waals surface area contributed by atoms with Gasteiger partial charge in [-0.25, -0.2) is 22.9 Å². The molecule has 1 heterocycles. The van der Waals surface area contributed by atoms with Crippen LogP contribution in [0.4, 0.5) is 27.8 Å². The molecule has 1 aromatic heterocycles. The fourth-order valence-electron chi connectivity index (χ4n) is 5.63. The monoisotopic (exact) mass is 804 g/mol. The van der Waals surface area contributed by atoms with Crippen LogP contribution in [-0.2, 0) is 32.3 Å². The Balaban J connectivity index is 1.29. The molecule has 57 heavy (non-hydrogen) atoms. The lowest BCUT2D eigenvalue weighted by Gasteiger charge is -2.24. The van der Waals surface area contributed by atoms with Crippen molar-refractivity contribution in [2.45, 2.75) is 32.7 Å². The number of methoxy groups -OCH3 is 2. The molecule has 0 spiro atoms. The van der Waals surface area contributed by atoms with E-state index in [1.807, 2.05) is 57.2 Å². The van der Waals surface area contributed by atoms with Gasteiger partial charge in [0.2, 0.25) is 22.7 Å². The van der Waals surface area contributed by atoms with E-state index in [9.17, 15) is 13.2 Å². The van der Waals surface area contributed by atoms with E-state index in [0.29, 0.717) is 82.8 Å². The second-order valence-corrected chi connectivity index (χ2v) is 14.3. The van der Waals surface area contributed by atoms with Crippen LogP contribution in [0.5, 0.6) is 28.9 Å². The van der Waals surface area contributed by atoms with Crippen LogP contribution in [-0.4, -0.2) is 83.4 Å². The van der Waals surface area contributed by atoms with Gasteiger partial charge in [0.05, 0.1) is 58.6 Å². The summed E-state index contributed by atoms with van der Waals surface area (Å²) in [4.78, 5) is 22.4. The molecule has 0 bridgehead atoms. The van der Waals surface area contributed by atoms with Crippen LogP contribution in [0, 0.1) is 0 Å². The van der Waals surface area contributed by atoms with Gasteiger partial charge in [-0.15, -0.1) is 0 Å². The molecule has 0 aliphatic rings. The zero-order valence-corrected chi connectivity index (χ0v) is 33.3. The molecule has 5 N–H and O–H groups in total. The molecule has 4 aromatic carbocycles. The van der Waals surface area contributed by atoms with E-state index in [1.54, 1.807) is 49.7 Å². The Labute approximate surface area is 332 Å². The summed E-state index contributed by atoms with van der Waals surface area (Å²) in [6, 6.07) is 21.0. The minimum atomic E-state index is -2.84. The normalized spacial score (nSPS) is 11.4. The Bertz CT molecular complexity index is 2200. The van der Waals surface area contributed by atoms with Crippen LogP contribution in [0.1, 0.15) is 31.9 Å². The first-order valence-corrected chi connectivity index (χ1v) is 19.2. The highest BCUT2D eigenvalue weighted by Crippen LogP contribution is 2.37. The smallest absolute Gasteiger partial charge is 0.323 e. The Morgan fingerprint density at radius 3 is 2.25 bits per heavy atom. The Morgan fingerprint density at radius 1 is 0.807 bits per heavy atom. The first-order valence-electron chi connectivity index (χ1n) is 18.0. The van der Waals surface area contributed by atoms with Crippen molar-refractivity contribution in [1.82, 2.24) is 14.7 Å². The molecular formula is C40H48N6O10S. The molecule has 0 radical (unpaired) electrons. The van der Waals surface area contributed by atoms with E-state index < -0.39 is 16.9 Å². The van der Waals surface area contributed by atoms with Gasteiger partial charge < -0.3 is 49.5 Å². The minimum absolute atomic E-state index is 0.00318. The lowest BCUT2D eigenvalue weighted by Crippen LogP contribution is -2.22. The number of nitrogens with zero attached hydrogens (tertiary/aromatic N) is 2. The lowest BCUT2D eigenvalue weighted by molar-refractivity contribution is 0.0247. The molecule has 0 aliphatic carbocycles. The average molecular weight is 805 g/mol. The summed E-state index contributed by atoms with van der Waals surface area (Å²) in [5, 5.41) is 19.2. The topological polar surface area (TPSA) is 201 Å². The van der Waals surface area contributed by atoms with Gasteiger partial charge in [0, 0.05) is 59.0 Å². The van der Waals surface area contributed by atoms with Gasteiger partial charge in [0.25, 0.3) is 0 Å². The maximum Gasteiger partial charge on any atom is 0.323 e. The largest absolute Gasteiger partial charge is 0.497 e. The quantitative estimate of drug-likeness (QED) is 0.0387. The third-order valence-electron chi connectivity index (χ3n) is 8.34. The molecule has 0 fully saturated rings. The fraction of sp³-hybridized carbons (Fsp3) is 0.325. The van der Waals surface area contributed by atoms with Crippen LogP contribution in [0.15, 0.2) is 79.0 Å². The van der Waals surface area contributed by atoms with Crippen molar-refractivity contribution in [1.29, 1.82) is 0 Å². The number of thiol groups is 1. The molecule has 5 aromatic rings. The molecule has 0 unspecified atom stereocenters. The third-order valence-corrected chi connectivity index (χ3v) is 8.75. The van der Waals surface area contributed by atoms with E-state index in [0.717, 1.165) is 5.56 Å². The predicted octanol–water partition coefficient (Wildman–Crippen LogP) is 6.14. The summed E-state index contributed by atoms with van der Waals surface area (Å²) in [6.45, 7) is 7.72. The molecule has 0 aliphatic heterocycles. The van der Waals surface area contributed by atoms with E-state index in [2.05, 4.69) is 30.6 Å². The molecule has 0 saturated carbocycles. The maximum atomic E-state index is 13.5. The zero-order valence-electron chi connectivity index (χ0n) is 32.4. The molecule has 17 heteroatoms. The molecule has 2 amide bonds. The standard InChI is InChI=1S/C40H48N6O10S/c1-40(2,3)27-20-26(25-42-57(49)50)37(52-5)34(21-27)45-39(48)44-33-10-11-35(32-9-7-6-8-31(32)33)56-36-12-13-41-38(46-36)43-28-22-29(51-4)24-30(23-28)55-19-18-54-17-16-53-15-14-47/h6-13,20-24,47,57H,14-19,25H2,1-5H3,(H,41,43,46)(H,42,49,50)(H2,44,45,48). The number of anilines is 4. The number of benzene rings is 4. The summed E-state index contributed by atoms with van der Waals surface area (Å²) < 4.78 is 58.9. The Hall–Kier alpha value is -5.72. The van der Waals surface area contributed by atoms with Crippen molar-refractivity contribution < 1.29 is 46.7 Å². The van der Waals surface area contributed by atoms with E-state index in [4.69, 9.17) is 33.5 Å². The van der Waals surface area contributed by atoms with Gasteiger partial charge in [-0.1, -0.05) is 51.1 Å². The van der Waals surface area contributed by atoms with Crippen molar-refractivity contribution in [2.75, 3.05) is 69.8 Å². The molecular weight excluding hydrogens is 757 g/mol. The molecule has 0 atom stereocenters. The number of aliphatic hydroxyl groups excluding tert-OH is 1. The number of carbonyl (C=O) groups is 1. The number of ether oxygens (including phenoxy) is 6. The summed E-state index contributed by atoms with van der Waals surface area (Å²) in [5.41, 5.74) is 2.68. The van der Waals surface area contributed by atoms with Crippen molar-refractivity contribution in [3.63, 3.8) is 0 Å². The Kier molecular flexibility index (Phi) is 15.2. The minimum Gasteiger partial charge on any atom is -0.497 e. The first kappa shape index (κ1) is 42.4. The SMILES string of the molecule is COc1cc(Nc2nccc(Oc3ccc(NC(=O)Nc4cc(C(C)(C)C)cc(CN[SH](=O)=O)c4OC)c4ccccc34)n2)cc(OCCOCCOCCO)c1. The number of rotatable bonds is 20. The summed E-state index contributed by atoms with van der Waals surface area (Å²) >= 11 is 0. The van der Waals surface area contributed by atoms with Crippen molar-refractivity contribution in [3.05, 3.63) is 90.1 Å². The number of aliphatic hydroxyl groups is 1. The van der Waals surface area contributed by atoms with E-state index in [1.165, 1.54) is 7.11 Å². The average Bonchev–Trinajstić information content (AvgIpc) is 3.18. The van der Waals surface area contributed by atoms with Gasteiger partial charge >= 0.3 is 6.03 Å². The van der Waals surface area contributed by atoms with Crippen LogP contribution in [0.3, 0.4) is 0 Å². The molecule has 0 saturated heterocycles. The lowest BCUT2D eigenvalue weighted by atomic mass is 9.85. The third kappa shape index (κ3) is 12.4. The number of carbonyl (C=O) groups excluding carboxylic acids is 1. The zero-order chi connectivity index (χ0) is 40.8. The maximum absolute atomic E-state index is 13.5. The van der Waals surface area contributed by atoms with Gasteiger partial charge in [0.15, 0.2) is 0 Å². The molecule has 16 nitrogen and oxygen atoms in total. The van der Waals surface area contributed by atoms with Gasteiger partial charge in [-0.3, -0.25) is 0 Å². The van der Waals surface area contributed by atoms with Gasteiger partial charge in [0.1, 0.15) is 29.6 Å². The van der Waals surface area contributed by atoms with Crippen molar-refractivity contribution in [2.24, 2.45) is 0 Å².